The Morgan fingerprint density at radius 1 is 1.08 bits per heavy atom. The molecule has 0 radical (unpaired) electrons. The Morgan fingerprint density at radius 2 is 1.73 bits per heavy atom. The van der Waals surface area contributed by atoms with Crippen LogP contribution >= 0.6 is 0 Å². The number of methoxy groups -OCH3 is 1. The number of pyridine rings is 1. The number of hydrogen-bond donors (Lipinski definition) is 0. The van der Waals surface area contributed by atoms with E-state index >= 15 is 0 Å². The smallest absolute Gasteiger partial charge is 0.358 e. The van der Waals surface area contributed by atoms with Crippen LogP contribution in [0.2, 0.25) is 0 Å². The van der Waals surface area contributed by atoms with Gasteiger partial charge in [0.05, 0.1) is 13.7 Å². The fourth-order valence-electron chi connectivity index (χ4n) is 2.90. The number of fused-ring (bicyclic) bond motifs is 1. The van der Waals surface area contributed by atoms with Gasteiger partial charge in [-0.05, 0) is 67.3 Å². The summed E-state index contributed by atoms with van der Waals surface area (Å²) in [5.41, 5.74) is 5.35. The van der Waals surface area contributed by atoms with Crippen molar-refractivity contribution in [1.29, 1.82) is 0 Å². The van der Waals surface area contributed by atoms with Crippen LogP contribution in [0.5, 0.6) is 5.75 Å². The Labute approximate surface area is 154 Å². The predicted octanol–water partition coefficient (Wildman–Crippen LogP) is 4.83. The molecule has 0 saturated heterocycles. The number of esters is 1. The van der Waals surface area contributed by atoms with Gasteiger partial charge in [-0.15, -0.1) is 0 Å². The van der Waals surface area contributed by atoms with E-state index in [4.69, 9.17) is 9.47 Å². The third-order valence-corrected chi connectivity index (χ3v) is 3.93. The van der Waals surface area contributed by atoms with Gasteiger partial charge in [0.15, 0.2) is 5.69 Å². The van der Waals surface area contributed by atoms with E-state index in [0.29, 0.717) is 17.9 Å². The second kappa shape index (κ2) is 8.52. The summed E-state index contributed by atoms with van der Waals surface area (Å²) in [6.45, 7) is 10.2. The number of nitrogens with zero attached hydrogens (tertiary/aromatic N) is 2. The predicted molar refractivity (Wildman–Crippen MR) is 104 cm³/mol. The monoisotopic (exact) mass is 354 g/mol. The molecule has 0 aliphatic carbocycles. The topological polar surface area (TPSA) is 52.8 Å². The first kappa shape index (κ1) is 19.5. The van der Waals surface area contributed by atoms with Gasteiger partial charge in [-0.25, -0.2) is 9.78 Å². The third-order valence-electron chi connectivity index (χ3n) is 3.93. The number of rotatable bonds is 4. The molecule has 0 spiro atoms. The van der Waals surface area contributed by atoms with Crippen LogP contribution in [0, 0.1) is 13.8 Å². The van der Waals surface area contributed by atoms with E-state index in [-0.39, 0.29) is 0 Å². The molecule has 5 heteroatoms. The zero-order valence-electron chi connectivity index (χ0n) is 16.3. The molecule has 26 heavy (non-hydrogen) atoms. The van der Waals surface area contributed by atoms with Crippen molar-refractivity contribution in [2.24, 2.45) is 0 Å². The lowest BCUT2D eigenvalue weighted by molar-refractivity contribution is 0.0520. The maximum absolute atomic E-state index is 11.8. The minimum Gasteiger partial charge on any atom is -0.496 e. The van der Waals surface area contributed by atoms with Crippen LogP contribution in [0.1, 0.15) is 42.4 Å². The van der Waals surface area contributed by atoms with Crippen molar-refractivity contribution >= 4 is 11.6 Å². The average molecular weight is 354 g/mol. The van der Waals surface area contributed by atoms with Crippen molar-refractivity contribution in [2.75, 3.05) is 13.7 Å². The molecule has 0 fully saturated rings. The van der Waals surface area contributed by atoms with Gasteiger partial charge in [-0.3, -0.25) is 0 Å². The van der Waals surface area contributed by atoms with Crippen molar-refractivity contribution in [3.8, 4) is 16.9 Å². The minimum atomic E-state index is -0.404. The molecule has 0 N–H and O–H groups in total. The van der Waals surface area contributed by atoms with Crippen LogP contribution in [0.4, 0.5) is 0 Å². The number of ether oxygens (including phenoxy) is 2. The molecule has 2 aromatic heterocycles. The first-order chi connectivity index (χ1) is 12.5. The number of hydrogen-bond acceptors (Lipinski definition) is 4. The number of aromatic nitrogens is 2. The molecule has 0 amide bonds. The van der Waals surface area contributed by atoms with Crippen molar-refractivity contribution < 1.29 is 14.3 Å². The average Bonchev–Trinajstić information content (AvgIpc) is 3.06. The van der Waals surface area contributed by atoms with Crippen LogP contribution in [0.3, 0.4) is 0 Å². The molecule has 0 saturated carbocycles. The van der Waals surface area contributed by atoms with Gasteiger partial charge in [-0.2, -0.15) is 0 Å². The normalized spacial score (nSPS) is 10.2. The number of aryl methyl sites for hydroxylation is 2. The SMILES string of the molecule is CC.CCOC(=O)c1cn2cc(-c3cc(C)c(OC)c(C)c3)ccc2n1. The molecule has 3 aromatic rings. The fourth-order valence-corrected chi connectivity index (χ4v) is 2.90. The van der Waals surface area contributed by atoms with E-state index in [0.717, 1.165) is 28.0 Å². The first-order valence-corrected chi connectivity index (χ1v) is 8.85. The fraction of sp³-hybridized carbons (Fsp3) is 0.333. The highest BCUT2D eigenvalue weighted by Crippen LogP contribution is 2.30. The van der Waals surface area contributed by atoms with Gasteiger partial charge < -0.3 is 13.9 Å². The quantitative estimate of drug-likeness (QED) is 0.630. The van der Waals surface area contributed by atoms with E-state index < -0.39 is 5.97 Å². The lowest BCUT2D eigenvalue weighted by atomic mass is 10.0. The molecule has 0 atom stereocenters. The summed E-state index contributed by atoms with van der Waals surface area (Å²) in [4.78, 5) is 16.1. The molecule has 5 nitrogen and oxygen atoms in total. The number of carbonyl (C=O) groups is 1. The van der Waals surface area contributed by atoms with Gasteiger partial charge in [0.25, 0.3) is 0 Å². The molecule has 0 unspecified atom stereocenters. The highest BCUT2D eigenvalue weighted by Gasteiger charge is 2.13. The molecular formula is C21H26N2O3. The van der Waals surface area contributed by atoms with Gasteiger partial charge in [0.2, 0.25) is 0 Å². The summed E-state index contributed by atoms with van der Waals surface area (Å²) >= 11 is 0. The van der Waals surface area contributed by atoms with Crippen LogP contribution < -0.4 is 4.74 Å². The molecule has 2 heterocycles. The second-order valence-corrected chi connectivity index (χ2v) is 5.67. The summed E-state index contributed by atoms with van der Waals surface area (Å²) in [6, 6.07) is 8.08. The van der Waals surface area contributed by atoms with Crippen molar-refractivity contribution in [3.05, 3.63) is 53.5 Å². The summed E-state index contributed by atoms with van der Waals surface area (Å²) in [7, 11) is 1.68. The van der Waals surface area contributed by atoms with Crippen LogP contribution in [-0.4, -0.2) is 29.1 Å². The maximum atomic E-state index is 11.8. The van der Waals surface area contributed by atoms with Gasteiger partial charge in [0, 0.05) is 12.4 Å². The Hall–Kier alpha value is -2.82. The minimum absolute atomic E-state index is 0.316. The summed E-state index contributed by atoms with van der Waals surface area (Å²) in [5, 5.41) is 0. The highest BCUT2D eigenvalue weighted by molar-refractivity contribution is 5.88. The third kappa shape index (κ3) is 3.87. The molecule has 0 aliphatic heterocycles. The second-order valence-electron chi connectivity index (χ2n) is 5.67. The van der Waals surface area contributed by atoms with Crippen molar-refractivity contribution in [2.45, 2.75) is 34.6 Å². The lowest BCUT2D eigenvalue weighted by Gasteiger charge is -2.11. The molecular weight excluding hydrogens is 328 g/mol. The standard InChI is InChI=1S/C19H20N2O3.C2H6/c1-5-24-19(22)16-11-21-10-14(6-7-17(21)20-16)15-8-12(2)18(23-4)13(3)9-15;1-2/h6-11H,5H2,1-4H3;1-2H3. The lowest BCUT2D eigenvalue weighted by Crippen LogP contribution is -2.04. The zero-order chi connectivity index (χ0) is 19.3. The molecule has 0 aliphatic rings. The van der Waals surface area contributed by atoms with Gasteiger partial charge in [0.1, 0.15) is 11.4 Å². The largest absolute Gasteiger partial charge is 0.496 e. The summed E-state index contributed by atoms with van der Waals surface area (Å²) in [5.74, 6) is 0.506. The van der Waals surface area contributed by atoms with Gasteiger partial charge in [-0.1, -0.05) is 13.8 Å². The molecule has 0 bridgehead atoms. The number of imidazole rings is 1. The highest BCUT2D eigenvalue weighted by atomic mass is 16.5. The molecule has 3 rings (SSSR count). The Bertz CT molecular complexity index is 890. The van der Waals surface area contributed by atoms with Crippen LogP contribution in [0.15, 0.2) is 36.7 Å². The van der Waals surface area contributed by atoms with E-state index in [1.165, 1.54) is 0 Å². The van der Waals surface area contributed by atoms with E-state index in [1.54, 1.807) is 20.2 Å². The van der Waals surface area contributed by atoms with E-state index in [2.05, 4.69) is 17.1 Å². The van der Waals surface area contributed by atoms with Crippen molar-refractivity contribution in [1.82, 2.24) is 9.38 Å². The first-order valence-electron chi connectivity index (χ1n) is 8.85. The van der Waals surface area contributed by atoms with Crippen LogP contribution in [-0.2, 0) is 4.74 Å². The van der Waals surface area contributed by atoms with E-state index in [1.807, 2.05) is 50.4 Å². The van der Waals surface area contributed by atoms with Crippen molar-refractivity contribution in [3.63, 3.8) is 0 Å². The Balaban J connectivity index is 0.00000117. The molecule has 138 valence electrons. The summed E-state index contributed by atoms with van der Waals surface area (Å²) in [6.07, 6.45) is 3.66. The van der Waals surface area contributed by atoms with Gasteiger partial charge >= 0.3 is 5.97 Å². The molecule has 1 aromatic carbocycles. The number of carbonyl (C=O) groups excluding carboxylic acids is 1. The van der Waals surface area contributed by atoms with E-state index in [9.17, 15) is 4.79 Å². The van der Waals surface area contributed by atoms with Crippen LogP contribution in [0.25, 0.3) is 16.8 Å². The summed E-state index contributed by atoms with van der Waals surface area (Å²) < 4.78 is 12.3. The Kier molecular flexibility index (Phi) is 6.39. The zero-order valence-corrected chi connectivity index (χ0v) is 16.3. The number of benzene rings is 1. The Morgan fingerprint density at radius 3 is 2.31 bits per heavy atom. The maximum Gasteiger partial charge on any atom is 0.358 e.